The van der Waals surface area contributed by atoms with Gasteiger partial charge in [-0.2, -0.15) is 0 Å². The summed E-state index contributed by atoms with van der Waals surface area (Å²) in [5.74, 6) is 1.05. The number of piperidine rings is 1. The molecule has 2 heterocycles. The van der Waals surface area contributed by atoms with Gasteiger partial charge in [0.25, 0.3) is 0 Å². The summed E-state index contributed by atoms with van der Waals surface area (Å²) in [4.78, 5) is 2.81. The first-order valence-corrected chi connectivity index (χ1v) is 7.30. The molecule has 3 unspecified atom stereocenters. The standard InChI is InChI=1S/C14H26N2/c1-2-6-14(7-3-8-15-14)11-16-10-12-4-5-13(16)9-12/h12-13,15H,2-11H2,1H3. The number of nitrogens with one attached hydrogen (secondary N) is 1. The van der Waals surface area contributed by atoms with E-state index in [9.17, 15) is 0 Å². The van der Waals surface area contributed by atoms with Gasteiger partial charge in [0.05, 0.1) is 0 Å². The van der Waals surface area contributed by atoms with E-state index in [2.05, 4.69) is 17.1 Å². The lowest BCUT2D eigenvalue weighted by atomic mass is 9.90. The molecular formula is C14H26N2. The molecular weight excluding hydrogens is 196 g/mol. The van der Waals surface area contributed by atoms with Gasteiger partial charge in [-0.15, -0.1) is 0 Å². The van der Waals surface area contributed by atoms with Crippen LogP contribution in [0.5, 0.6) is 0 Å². The van der Waals surface area contributed by atoms with E-state index in [4.69, 9.17) is 0 Å². The van der Waals surface area contributed by atoms with Gasteiger partial charge in [0.1, 0.15) is 0 Å². The summed E-state index contributed by atoms with van der Waals surface area (Å²) in [5, 5.41) is 3.82. The quantitative estimate of drug-likeness (QED) is 0.786. The minimum absolute atomic E-state index is 0.485. The van der Waals surface area contributed by atoms with Gasteiger partial charge in [-0.05, 0) is 51.0 Å². The zero-order valence-corrected chi connectivity index (χ0v) is 10.7. The Bertz CT molecular complexity index is 245. The number of rotatable bonds is 4. The van der Waals surface area contributed by atoms with Crippen molar-refractivity contribution in [2.45, 2.75) is 63.5 Å². The van der Waals surface area contributed by atoms with E-state index in [1.54, 1.807) is 0 Å². The first-order chi connectivity index (χ1) is 7.81. The highest BCUT2D eigenvalue weighted by Crippen LogP contribution is 2.39. The number of hydrogen-bond donors (Lipinski definition) is 1. The molecule has 1 N–H and O–H groups in total. The molecule has 1 saturated carbocycles. The highest BCUT2D eigenvalue weighted by Gasteiger charge is 2.42. The third kappa shape index (κ3) is 1.91. The zero-order chi connectivity index (χ0) is 11.0. The third-order valence-corrected chi connectivity index (χ3v) is 5.09. The van der Waals surface area contributed by atoms with Crippen LogP contribution in [0.3, 0.4) is 0 Å². The summed E-state index contributed by atoms with van der Waals surface area (Å²) in [6, 6.07) is 0.945. The van der Waals surface area contributed by atoms with Crippen LogP contribution in [0.4, 0.5) is 0 Å². The van der Waals surface area contributed by atoms with E-state index in [0.717, 1.165) is 12.0 Å². The van der Waals surface area contributed by atoms with E-state index >= 15 is 0 Å². The van der Waals surface area contributed by atoms with Crippen molar-refractivity contribution in [1.82, 2.24) is 10.2 Å². The van der Waals surface area contributed by atoms with Gasteiger partial charge in [0.2, 0.25) is 0 Å². The fourth-order valence-electron chi connectivity index (χ4n) is 4.38. The van der Waals surface area contributed by atoms with Crippen molar-refractivity contribution in [1.29, 1.82) is 0 Å². The highest BCUT2D eigenvalue weighted by molar-refractivity contribution is 5.00. The van der Waals surface area contributed by atoms with E-state index in [1.807, 2.05) is 0 Å². The normalized spacial score (nSPS) is 43.3. The smallest absolute Gasteiger partial charge is 0.0309 e. The van der Waals surface area contributed by atoms with E-state index in [1.165, 1.54) is 64.6 Å². The molecule has 0 aromatic rings. The summed E-state index contributed by atoms with van der Waals surface area (Å²) in [7, 11) is 0. The number of nitrogens with zero attached hydrogens (tertiary/aromatic N) is 1. The summed E-state index contributed by atoms with van der Waals surface area (Å²) in [6.45, 7) is 6.32. The third-order valence-electron chi connectivity index (χ3n) is 5.09. The van der Waals surface area contributed by atoms with Crippen molar-refractivity contribution in [3.63, 3.8) is 0 Å². The number of hydrogen-bond acceptors (Lipinski definition) is 2. The topological polar surface area (TPSA) is 15.3 Å². The average molecular weight is 222 g/mol. The largest absolute Gasteiger partial charge is 0.310 e. The van der Waals surface area contributed by atoms with E-state index in [-0.39, 0.29) is 0 Å². The van der Waals surface area contributed by atoms with Crippen molar-refractivity contribution in [3.8, 4) is 0 Å². The Balaban J connectivity index is 1.63. The Kier molecular flexibility index (Phi) is 2.97. The Morgan fingerprint density at radius 2 is 2.31 bits per heavy atom. The Labute approximate surface area is 99.8 Å². The predicted molar refractivity (Wildman–Crippen MR) is 67.6 cm³/mol. The first kappa shape index (κ1) is 11.0. The van der Waals surface area contributed by atoms with Crippen LogP contribution in [0, 0.1) is 5.92 Å². The summed E-state index contributed by atoms with van der Waals surface area (Å²) in [5.41, 5.74) is 0.485. The van der Waals surface area contributed by atoms with Crippen molar-refractivity contribution in [3.05, 3.63) is 0 Å². The molecule has 92 valence electrons. The van der Waals surface area contributed by atoms with Crippen LogP contribution >= 0.6 is 0 Å². The molecule has 2 heteroatoms. The number of likely N-dealkylation sites (tertiary alicyclic amines) is 1. The molecule has 3 atom stereocenters. The van der Waals surface area contributed by atoms with Gasteiger partial charge in [-0.25, -0.2) is 0 Å². The first-order valence-electron chi connectivity index (χ1n) is 7.30. The van der Waals surface area contributed by atoms with Crippen LogP contribution in [0.1, 0.15) is 51.9 Å². The molecule has 0 aromatic carbocycles. The zero-order valence-electron chi connectivity index (χ0n) is 10.7. The molecule has 2 bridgehead atoms. The van der Waals surface area contributed by atoms with Crippen LogP contribution in [0.2, 0.25) is 0 Å². The maximum absolute atomic E-state index is 3.82. The second-order valence-electron chi connectivity index (χ2n) is 6.32. The van der Waals surface area contributed by atoms with Crippen LogP contribution in [-0.4, -0.2) is 36.1 Å². The summed E-state index contributed by atoms with van der Waals surface area (Å²) >= 11 is 0. The molecule has 16 heavy (non-hydrogen) atoms. The minimum Gasteiger partial charge on any atom is -0.310 e. The van der Waals surface area contributed by atoms with Crippen LogP contribution in [0.25, 0.3) is 0 Å². The highest BCUT2D eigenvalue weighted by atomic mass is 15.2. The van der Waals surface area contributed by atoms with Gasteiger partial charge in [-0.1, -0.05) is 13.3 Å². The van der Waals surface area contributed by atoms with Gasteiger partial charge >= 0.3 is 0 Å². The molecule has 0 radical (unpaired) electrons. The summed E-state index contributed by atoms with van der Waals surface area (Å²) < 4.78 is 0. The fourth-order valence-corrected chi connectivity index (χ4v) is 4.38. The molecule has 0 spiro atoms. The van der Waals surface area contributed by atoms with Gasteiger partial charge in [0.15, 0.2) is 0 Å². The molecule has 2 nitrogen and oxygen atoms in total. The Hall–Kier alpha value is -0.0800. The second-order valence-corrected chi connectivity index (χ2v) is 6.32. The van der Waals surface area contributed by atoms with Crippen molar-refractivity contribution >= 4 is 0 Å². The predicted octanol–water partition coefficient (Wildman–Crippen LogP) is 2.39. The molecule has 3 fully saturated rings. The molecule has 2 aliphatic heterocycles. The molecule has 0 aromatic heterocycles. The maximum Gasteiger partial charge on any atom is 0.0309 e. The van der Waals surface area contributed by atoms with Gasteiger partial charge < -0.3 is 5.32 Å². The monoisotopic (exact) mass is 222 g/mol. The van der Waals surface area contributed by atoms with Crippen LogP contribution < -0.4 is 5.32 Å². The molecule has 3 aliphatic rings. The van der Waals surface area contributed by atoms with Crippen molar-refractivity contribution < 1.29 is 0 Å². The SMILES string of the molecule is CCCC1(CN2CC3CCC2C3)CCCN1. The average Bonchev–Trinajstić information content (AvgIpc) is 2.94. The van der Waals surface area contributed by atoms with Gasteiger partial charge in [0, 0.05) is 24.7 Å². The maximum atomic E-state index is 3.82. The number of fused-ring (bicyclic) bond motifs is 2. The summed E-state index contributed by atoms with van der Waals surface area (Å²) in [6.07, 6.45) is 10.00. The molecule has 1 aliphatic carbocycles. The van der Waals surface area contributed by atoms with E-state index < -0.39 is 0 Å². The second kappa shape index (κ2) is 4.30. The van der Waals surface area contributed by atoms with E-state index in [0.29, 0.717) is 5.54 Å². The molecule has 3 rings (SSSR count). The lowest BCUT2D eigenvalue weighted by Gasteiger charge is -2.37. The van der Waals surface area contributed by atoms with Gasteiger partial charge in [-0.3, -0.25) is 4.90 Å². The fraction of sp³-hybridized carbons (Fsp3) is 1.00. The lowest BCUT2D eigenvalue weighted by molar-refractivity contribution is 0.147. The lowest BCUT2D eigenvalue weighted by Crippen LogP contribution is -2.51. The van der Waals surface area contributed by atoms with Crippen molar-refractivity contribution in [2.24, 2.45) is 5.92 Å². The minimum atomic E-state index is 0.485. The van der Waals surface area contributed by atoms with Crippen LogP contribution in [0.15, 0.2) is 0 Å². The Morgan fingerprint density at radius 3 is 2.88 bits per heavy atom. The molecule has 0 amide bonds. The van der Waals surface area contributed by atoms with Crippen LogP contribution in [-0.2, 0) is 0 Å². The Morgan fingerprint density at radius 1 is 1.38 bits per heavy atom. The molecule has 2 saturated heterocycles. The van der Waals surface area contributed by atoms with Crippen molar-refractivity contribution in [2.75, 3.05) is 19.6 Å².